The maximum absolute atomic E-state index is 13.9. The Kier molecular flexibility index (Phi) is 4.94. The number of benzene rings is 1. The third-order valence-electron chi connectivity index (χ3n) is 5.78. The van der Waals surface area contributed by atoms with Crippen LogP contribution in [-0.4, -0.2) is 38.4 Å². The molecular weight excluding hydrogens is 441 g/mol. The Morgan fingerprint density at radius 1 is 1.24 bits per heavy atom. The Morgan fingerprint density at radius 2 is 2.03 bits per heavy atom. The van der Waals surface area contributed by atoms with Gasteiger partial charge in [-0.2, -0.15) is 23.4 Å². The average Bonchev–Trinajstić information content (AvgIpc) is 3.47. The van der Waals surface area contributed by atoms with Crippen molar-refractivity contribution in [2.75, 3.05) is 12.1 Å². The largest absolute Gasteiger partial charge is 0.454 e. The highest BCUT2D eigenvalue weighted by molar-refractivity contribution is 5.93. The number of hydrogen-bond donors (Lipinski definition) is 2. The lowest BCUT2D eigenvalue weighted by atomic mass is 9.96. The van der Waals surface area contributed by atoms with E-state index in [2.05, 4.69) is 20.8 Å². The highest BCUT2D eigenvalue weighted by Crippen LogP contribution is 2.45. The van der Waals surface area contributed by atoms with Crippen LogP contribution in [0.25, 0.3) is 0 Å². The van der Waals surface area contributed by atoms with Crippen LogP contribution in [0.3, 0.4) is 0 Å². The molecule has 2 atom stereocenters. The Morgan fingerprint density at radius 3 is 2.76 bits per heavy atom. The van der Waals surface area contributed by atoms with Crippen molar-refractivity contribution < 1.29 is 27.4 Å². The molecule has 12 heteroatoms. The van der Waals surface area contributed by atoms with Crippen LogP contribution in [0.15, 0.2) is 30.5 Å². The molecule has 2 aliphatic heterocycles. The first-order chi connectivity index (χ1) is 15.7. The molecule has 0 radical (unpaired) electrons. The van der Waals surface area contributed by atoms with Gasteiger partial charge in [0.1, 0.15) is 5.82 Å². The first-order valence-corrected chi connectivity index (χ1v) is 10.3. The molecule has 0 spiro atoms. The first-order valence-electron chi connectivity index (χ1n) is 10.3. The van der Waals surface area contributed by atoms with Crippen molar-refractivity contribution in [1.29, 1.82) is 0 Å². The van der Waals surface area contributed by atoms with E-state index in [-0.39, 0.29) is 31.3 Å². The number of fused-ring (bicyclic) bond motifs is 2. The number of nitrogens with zero attached hydrogens (tertiary/aromatic N) is 4. The van der Waals surface area contributed by atoms with Crippen LogP contribution in [0.4, 0.5) is 19.0 Å². The van der Waals surface area contributed by atoms with E-state index in [4.69, 9.17) is 9.47 Å². The standard InChI is InChI=1S/C21H21F3N6O3/c1-11-13(9-29(2)27-11)8-25-20(31)15-7-19-26-14(6-18(21(22,23)24)30(19)28-15)12-3-4-16-17(5-12)33-10-32-16/h3-5,7,9,14,18,26H,6,8,10H2,1-2H3,(H,25,31)/t14-,18-/m0/s1. The number of halogens is 3. The molecule has 3 aromatic rings. The molecule has 0 fully saturated rings. The van der Waals surface area contributed by atoms with E-state index in [0.717, 1.165) is 15.9 Å². The normalized spacial score (nSPS) is 19.2. The molecule has 174 valence electrons. The Balaban J connectivity index is 1.39. The number of nitrogens with one attached hydrogen (secondary N) is 2. The van der Waals surface area contributed by atoms with Crippen molar-refractivity contribution in [2.24, 2.45) is 7.05 Å². The fraction of sp³-hybridized carbons (Fsp3) is 0.381. The van der Waals surface area contributed by atoms with Gasteiger partial charge in [-0.1, -0.05) is 6.07 Å². The van der Waals surface area contributed by atoms with Gasteiger partial charge in [0.05, 0.1) is 11.7 Å². The number of rotatable bonds is 4. The predicted molar refractivity (Wildman–Crippen MR) is 110 cm³/mol. The molecule has 33 heavy (non-hydrogen) atoms. The molecule has 2 N–H and O–H groups in total. The molecule has 0 bridgehead atoms. The number of aromatic nitrogens is 4. The zero-order valence-electron chi connectivity index (χ0n) is 17.8. The maximum atomic E-state index is 13.9. The zero-order valence-corrected chi connectivity index (χ0v) is 17.8. The molecular formula is C21H21F3N6O3. The van der Waals surface area contributed by atoms with Gasteiger partial charge in [-0.15, -0.1) is 0 Å². The average molecular weight is 462 g/mol. The van der Waals surface area contributed by atoms with E-state index < -0.39 is 24.2 Å². The van der Waals surface area contributed by atoms with E-state index in [1.54, 1.807) is 36.1 Å². The van der Waals surface area contributed by atoms with Crippen molar-refractivity contribution in [1.82, 2.24) is 24.9 Å². The van der Waals surface area contributed by atoms with E-state index in [1.165, 1.54) is 6.07 Å². The van der Waals surface area contributed by atoms with Gasteiger partial charge < -0.3 is 20.1 Å². The van der Waals surface area contributed by atoms with Crippen molar-refractivity contribution in [2.45, 2.75) is 38.1 Å². The summed E-state index contributed by atoms with van der Waals surface area (Å²) >= 11 is 0. The Hall–Kier alpha value is -3.70. The second kappa shape index (κ2) is 7.71. The number of carbonyl (C=O) groups is 1. The summed E-state index contributed by atoms with van der Waals surface area (Å²) in [4.78, 5) is 12.6. The summed E-state index contributed by atoms with van der Waals surface area (Å²) < 4.78 is 54.8. The fourth-order valence-corrected chi connectivity index (χ4v) is 4.12. The fourth-order valence-electron chi connectivity index (χ4n) is 4.12. The molecule has 5 rings (SSSR count). The molecule has 2 aromatic heterocycles. The number of aryl methyl sites for hydroxylation is 2. The molecule has 1 amide bonds. The monoisotopic (exact) mass is 462 g/mol. The van der Waals surface area contributed by atoms with Gasteiger partial charge in [0.15, 0.2) is 23.2 Å². The van der Waals surface area contributed by atoms with Crippen LogP contribution in [0.1, 0.15) is 45.8 Å². The lowest BCUT2D eigenvalue weighted by molar-refractivity contribution is -0.173. The van der Waals surface area contributed by atoms with E-state index in [9.17, 15) is 18.0 Å². The van der Waals surface area contributed by atoms with Crippen molar-refractivity contribution >= 4 is 11.7 Å². The van der Waals surface area contributed by atoms with Crippen LogP contribution in [0.2, 0.25) is 0 Å². The summed E-state index contributed by atoms with van der Waals surface area (Å²) in [5.74, 6) is 0.592. The molecule has 4 heterocycles. The summed E-state index contributed by atoms with van der Waals surface area (Å²) in [7, 11) is 1.77. The molecule has 2 aliphatic rings. The minimum atomic E-state index is -4.54. The number of alkyl halides is 3. The molecule has 0 saturated heterocycles. The summed E-state index contributed by atoms with van der Waals surface area (Å²) in [5.41, 5.74) is 2.09. The lowest BCUT2D eigenvalue weighted by Gasteiger charge is -2.33. The van der Waals surface area contributed by atoms with Gasteiger partial charge in [-0.25, -0.2) is 4.68 Å². The Labute approximate surface area is 186 Å². The second-order valence-electron chi connectivity index (χ2n) is 8.06. The molecule has 0 aliphatic carbocycles. The van der Waals surface area contributed by atoms with Gasteiger partial charge in [0, 0.05) is 37.8 Å². The molecule has 1 aromatic carbocycles. The SMILES string of the molecule is Cc1nn(C)cc1CNC(=O)c1cc2n(n1)[C@H](C(F)(F)F)C[C@@H](c1ccc3c(c1)OCO3)N2. The van der Waals surface area contributed by atoms with Crippen LogP contribution in [-0.2, 0) is 13.6 Å². The molecule has 0 saturated carbocycles. The number of amides is 1. The highest BCUT2D eigenvalue weighted by atomic mass is 19.4. The number of ether oxygens (including phenoxy) is 2. The van der Waals surface area contributed by atoms with Crippen molar-refractivity contribution in [3.05, 3.63) is 53.0 Å². The summed E-state index contributed by atoms with van der Waals surface area (Å²) in [5, 5.41) is 14.0. The summed E-state index contributed by atoms with van der Waals surface area (Å²) in [6.07, 6.45) is -3.06. The van der Waals surface area contributed by atoms with Crippen LogP contribution in [0.5, 0.6) is 11.5 Å². The minimum Gasteiger partial charge on any atom is -0.454 e. The lowest BCUT2D eigenvalue weighted by Crippen LogP contribution is -2.35. The smallest absolute Gasteiger partial charge is 0.410 e. The zero-order chi connectivity index (χ0) is 23.3. The quantitative estimate of drug-likeness (QED) is 0.618. The second-order valence-corrected chi connectivity index (χ2v) is 8.06. The van der Waals surface area contributed by atoms with Crippen LogP contribution >= 0.6 is 0 Å². The van der Waals surface area contributed by atoms with Gasteiger partial charge in [-0.05, 0) is 24.6 Å². The first kappa shape index (κ1) is 21.2. The van der Waals surface area contributed by atoms with Gasteiger partial charge >= 0.3 is 6.18 Å². The highest BCUT2D eigenvalue weighted by Gasteiger charge is 2.47. The maximum Gasteiger partial charge on any atom is 0.410 e. The van der Waals surface area contributed by atoms with E-state index >= 15 is 0 Å². The summed E-state index contributed by atoms with van der Waals surface area (Å²) in [6.45, 7) is 2.08. The topological polar surface area (TPSA) is 95.2 Å². The third-order valence-corrected chi connectivity index (χ3v) is 5.78. The predicted octanol–water partition coefficient (Wildman–Crippen LogP) is 3.24. The third kappa shape index (κ3) is 3.96. The van der Waals surface area contributed by atoms with Gasteiger partial charge in [0.25, 0.3) is 5.91 Å². The number of anilines is 1. The summed E-state index contributed by atoms with van der Waals surface area (Å²) in [6, 6.07) is 3.85. The molecule has 0 unspecified atom stereocenters. The van der Waals surface area contributed by atoms with E-state index in [0.29, 0.717) is 17.1 Å². The van der Waals surface area contributed by atoms with Crippen molar-refractivity contribution in [3.8, 4) is 11.5 Å². The van der Waals surface area contributed by atoms with Gasteiger partial charge in [-0.3, -0.25) is 9.48 Å². The number of hydrogen-bond acceptors (Lipinski definition) is 6. The van der Waals surface area contributed by atoms with Crippen LogP contribution < -0.4 is 20.1 Å². The Bertz CT molecular complexity index is 1220. The molecule has 9 nitrogen and oxygen atoms in total. The van der Waals surface area contributed by atoms with Crippen LogP contribution in [0, 0.1) is 6.92 Å². The van der Waals surface area contributed by atoms with Gasteiger partial charge in [0.2, 0.25) is 6.79 Å². The minimum absolute atomic E-state index is 0.0753. The van der Waals surface area contributed by atoms with Crippen molar-refractivity contribution in [3.63, 3.8) is 0 Å². The number of carbonyl (C=O) groups excluding carboxylic acids is 1. The van der Waals surface area contributed by atoms with E-state index in [1.807, 2.05) is 6.92 Å².